The van der Waals surface area contributed by atoms with E-state index in [0.717, 1.165) is 5.56 Å². The molecule has 42 heavy (non-hydrogen) atoms. The van der Waals surface area contributed by atoms with Crippen molar-refractivity contribution in [1.29, 1.82) is 5.26 Å². The van der Waals surface area contributed by atoms with Crippen molar-refractivity contribution < 1.29 is 23.9 Å². The second-order valence-corrected chi connectivity index (χ2v) is 10.1. The summed E-state index contributed by atoms with van der Waals surface area (Å²) in [7, 11) is 1.53. The zero-order valence-corrected chi connectivity index (χ0v) is 24.2. The topological polar surface area (TPSA) is 130 Å². The lowest BCUT2D eigenvalue weighted by atomic mass is 9.82. The molecule has 3 N–H and O–H groups in total. The zero-order valence-electron chi connectivity index (χ0n) is 23.4. The van der Waals surface area contributed by atoms with Crippen molar-refractivity contribution in [2.45, 2.75) is 19.8 Å². The number of anilines is 2. The molecule has 0 aliphatic carbocycles. The van der Waals surface area contributed by atoms with Gasteiger partial charge >= 0.3 is 5.97 Å². The molecule has 1 heterocycles. The third kappa shape index (κ3) is 7.00. The quantitative estimate of drug-likeness (QED) is 0.264. The molecule has 3 aromatic carbocycles. The number of ether oxygens (including phenoxy) is 2. The van der Waals surface area contributed by atoms with Gasteiger partial charge in [-0.25, -0.2) is 4.79 Å². The summed E-state index contributed by atoms with van der Waals surface area (Å²) in [4.78, 5) is 38.3. The van der Waals surface area contributed by atoms with Gasteiger partial charge in [0, 0.05) is 17.0 Å². The zero-order chi connectivity index (χ0) is 30.1. The number of benzene rings is 3. The third-order valence-corrected chi connectivity index (χ3v) is 7.42. The van der Waals surface area contributed by atoms with Crippen LogP contribution in [0.2, 0.25) is 0 Å². The smallest absolute Gasteiger partial charge is 0.338 e. The fourth-order valence-corrected chi connectivity index (χ4v) is 5.37. The second-order valence-electron chi connectivity index (χ2n) is 9.15. The Labute approximate surface area is 248 Å². The second kappa shape index (κ2) is 14.1. The number of hydrogen-bond acceptors (Lipinski definition) is 8. The van der Waals surface area contributed by atoms with Crippen molar-refractivity contribution in [1.82, 2.24) is 5.32 Å². The van der Waals surface area contributed by atoms with Crippen LogP contribution in [0.15, 0.2) is 101 Å². The number of nitrogens with zero attached hydrogens (tertiary/aromatic N) is 1. The van der Waals surface area contributed by atoms with E-state index in [2.05, 4.69) is 22.0 Å². The van der Waals surface area contributed by atoms with Gasteiger partial charge in [-0.1, -0.05) is 54.2 Å². The fraction of sp³-hybridized carbons (Fsp3) is 0.188. The van der Waals surface area contributed by atoms with Crippen LogP contribution in [-0.2, 0) is 14.3 Å². The largest absolute Gasteiger partial charge is 0.495 e. The highest BCUT2D eigenvalue weighted by Crippen LogP contribution is 2.41. The molecule has 0 aromatic heterocycles. The normalized spacial score (nSPS) is 14.4. The van der Waals surface area contributed by atoms with Gasteiger partial charge in [0.15, 0.2) is 0 Å². The number of para-hydroxylation sites is 2. The number of esters is 1. The molecule has 2 amide bonds. The maximum Gasteiger partial charge on any atom is 0.338 e. The number of hydrogen-bond donors (Lipinski definition) is 3. The molecule has 0 saturated heterocycles. The molecule has 0 fully saturated rings. The number of nitriles is 1. The summed E-state index contributed by atoms with van der Waals surface area (Å²) in [6, 6.07) is 25.1. The van der Waals surface area contributed by atoms with Gasteiger partial charge in [-0.15, -0.1) is 0 Å². The number of thioether (sulfide) groups is 1. The van der Waals surface area contributed by atoms with Gasteiger partial charge in [-0.3, -0.25) is 9.59 Å². The number of allylic oxidation sites excluding steroid dienone is 2. The molecule has 1 aliphatic rings. The number of carbonyl (C=O) groups is 3. The van der Waals surface area contributed by atoms with Crippen LogP contribution >= 0.6 is 11.8 Å². The van der Waals surface area contributed by atoms with E-state index in [9.17, 15) is 19.6 Å². The van der Waals surface area contributed by atoms with Crippen LogP contribution in [0.1, 0.15) is 35.7 Å². The summed E-state index contributed by atoms with van der Waals surface area (Å²) in [6.07, 6.45) is 0. The first-order chi connectivity index (χ1) is 20.4. The lowest BCUT2D eigenvalue weighted by molar-refractivity contribution is -0.114. The van der Waals surface area contributed by atoms with Gasteiger partial charge in [0.25, 0.3) is 5.91 Å². The van der Waals surface area contributed by atoms with E-state index in [1.165, 1.54) is 18.9 Å². The average Bonchev–Trinajstić information content (AvgIpc) is 3.00. The van der Waals surface area contributed by atoms with Gasteiger partial charge in [-0.2, -0.15) is 5.26 Å². The number of amides is 2. The lowest BCUT2D eigenvalue weighted by Crippen LogP contribution is -2.31. The molecule has 0 radical (unpaired) electrons. The van der Waals surface area contributed by atoms with E-state index in [1.54, 1.807) is 56.3 Å². The van der Waals surface area contributed by atoms with Gasteiger partial charge < -0.3 is 25.4 Å². The van der Waals surface area contributed by atoms with Gasteiger partial charge in [-0.05, 0) is 55.8 Å². The monoisotopic (exact) mass is 582 g/mol. The van der Waals surface area contributed by atoms with Gasteiger partial charge in [0.05, 0.1) is 53.3 Å². The number of rotatable bonds is 10. The van der Waals surface area contributed by atoms with Crippen molar-refractivity contribution >= 4 is 40.9 Å². The van der Waals surface area contributed by atoms with Crippen LogP contribution in [0, 0.1) is 11.3 Å². The number of methoxy groups -OCH3 is 1. The minimum absolute atomic E-state index is 0.00464. The van der Waals surface area contributed by atoms with E-state index in [-0.39, 0.29) is 24.2 Å². The van der Waals surface area contributed by atoms with Crippen LogP contribution in [0.25, 0.3) is 0 Å². The summed E-state index contributed by atoms with van der Waals surface area (Å²) in [5, 5.41) is 19.7. The molecular formula is C32H30N4O5S. The molecule has 1 aliphatic heterocycles. The summed E-state index contributed by atoms with van der Waals surface area (Å²) in [6.45, 7) is 3.78. The third-order valence-electron chi connectivity index (χ3n) is 6.41. The fourth-order valence-electron chi connectivity index (χ4n) is 4.48. The number of dihydropyridines is 1. The Bertz CT molecular complexity index is 1580. The van der Waals surface area contributed by atoms with Crippen molar-refractivity contribution in [3.63, 3.8) is 0 Å². The van der Waals surface area contributed by atoms with Crippen LogP contribution in [-0.4, -0.2) is 37.3 Å². The minimum Gasteiger partial charge on any atom is -0.495 e. The predicted molar refractivity (Wildman–Crippen MR) is 163 cm³/mol. The molecule has 0 spiro atoms. The molecule has 10 heteroatoms. The Hall–Kier alpha value is -5.01. The van der Waals surface area contributed by atoms with Crippen molar-refractivity contribution in [2.24, 2.45) is 0 Å². The SMILES string of the molecule is CCOC(=O)c1ccc(NC(=O)CSC2=C(C#N)C(c3ccccc3)C(C(=O)Nc3ccccc3OC)=C(C)N2)cc1. The highest BCUT2D eigenvalue weighted by molar-refractivity contribution is 8.03. The molecule has 9 nitrogen and oxygen atoms in total. The van der Waals surface area contributed by atoms with E-state index >= 15 is 0 Å². The molecular weight excluding hydrogens is 552 g/mol. The molecule has 1 unspecified atom stereocenters. The van der Waals surface area contributed by atoms with Crippen LogP contribution in [0.3, 0.4) is 0 Å². The van der Waals surface area contributed by atoms with Crippen LogP contribution < -0.4 is 20.7 Å². The van der Waals surface area contributed by atoms with Crippen molar-refractivity contribution in [3.8, 4) is 11.8 Å². The highest BCUT2D eigenvalue weighted by atomic mass is 32.2. The summed E-state index contributed by atoms with van der Waals surface area (Å²) in [5.74, 6) is -1.25. The Kier molecular flexibility index (Phi) is 10.0. The Morgan fingerprint density at radius 1 is 0.976 bits per heavy atom. The van der Waals surface area contributed by atoms with Gasteiger partial charge in [0.2, 0.25) is 5.91 Å². The standard InChI is InChI=1S/C32H30N4O5S/c1-4-41-32(39)22-14-16-23(17-15-22)35-27(37)19-42-31-24(18-33)29(21-10-6-5-7-11-21)28(20(2)34-31)30(38)36-25-12-8-9-13-26(25)40-3/h5-17,29,34H,4,19H2,1-3H3,(H,35,37)(H,36,38). The molecule has 0 saturated carbocycles. The molecule has 3 aromatic rings. The molecule has 4 rings (SSSR count). The molecule has 0 bridgehead atoms. The Morgan fingerprint density at radius 2 is 1.67 bits per heavy atom. The van der Waals surface area contributed by atoms with E-state index in [1.807, 2.05) is 36.4 Å². The van der Waals surface area contributed by atoms with E-state index in [4.69, 9.17) is 9.47 Å². The summed E-state index contributed by atoms with van der Waals surface area (Å²) >= 11 is 1.17. The first-order valence-electron chi connectivity index (χ1n) is 13.2. The van der Waals surface area contributed by atoms with Crippen molar-refractivity contribution in [2.75, 3.05) is 30.1 Å². The lowest BCUT2D eigenvalue weighted by Gasteiger charge is -2.30. The Morgan fingerprint density at radius 3 is 2.33 bits per heavy atom. The summed E-state index contributed by atoms with van der Waals surface area (Å²) in [5.41, 5.74) is 3.46. The Balaban J connectivity index is 1.55. The summed E-state index contributed by atoms with van der Waals surface area (Å²) < 4.78 is 10.4. The molecule has 214 valence electrons. The van der Waals surface area contributed by atoms with Crippen LogP contribution in [0.5, 0.6) is 5.75 Å². The van der Waals surface area contributed by atoms with E-state index in [0.29, 0.717) is 44.6 Å². The predicted octanol–water partition coefficient (Wildman–Crippen LogP) is 5.58. The van der Waals surface area contributed by atoms with Crippen molar-refractivity contribution in [3.05, 3.63) is 112 Å². The highest BCUT2D eigenvalue weighted by Gasteiger charge is 2.35. The first kappa shape index (κ1) is 30.0. The maximum absolute atomic E-state index is 13.7. The first-order valence-corrected chi connectivity index (χ1v) is 14.2. The average molecular weight is 583 g/mol. The minimum atomic E-state index is -0.659. The molecule has 1 atom stereocenters. The van der Waals surface area contributed by atoms with E-state index < -0.39 is 11.9 Å². The number of nitrogens with one attached hydrogen (secondary N) is 3. The number of carbonyl (C=O) groups excluding carboxylic acids is 3. The maximum atomic E-state index is 13.7. The van der Waals surface area contributed by atoms with Crippen LogP contribution in [0.4, 0.5) is 11.4 Å². The van der Waals surface area contributed by atoms with Gasteiger partial charge in [0.1, 0.15) is 5.75 Å².